The molecule has 2 aromatic rings. The largest absolute Gasteiger partial charge is 0.312 e. The summed E-state index contributed by atoms with van der Waals surface area (Å²) in [4.78, 5) is 0. The van der Waals surface area contributed by atoms with Gasteiger partial charge in [-0.15, -0.1) is 0 Å². The average Bonchev–Trinajstić information content (AvgIpc) is 2.81. The maximum absolute atomic E-state index is 6.17. The molecular weight excluding hydrogens is 270 g/mol. The number of nitrogens with one attached hydrogen (secondary N) is 1. The van der Waals surface area contributed by atoms with Crippen molar-refractivity contribution in [2.24, 2.45) is 0 Å². The van der Waals surface area contributed by atoms with Crippen molar-refractivity contribution in [1.82, 2.24) is 15.1 Å². The van der Waals surface area contributed by atoms with Crippen LogP contribution < -0.4 is 5.32 Å². The van der Waals surface area contributed by atoms with Crippen molar-refractivity contribution in [3.8, 4) is 5.69 Å². The molecule has 0 saturated heterocycles. The van der Waals surface area contributed by atoms with Gasteiger partial charge in [-0.1, -0.05) is 31.5 Å². The third-order valence-corrected chi connectivity index (χ3v) is 4.14. The van der Waals surface area contributed by atoms with Gasteiger partial charge in [0.2, 0.25) is 0 Å². The van der Waals surface area contributed by atoms with Gasteiger partial charge in [0.15, 0.2) is 0 Å². The van der Waals surface area contributed by atoms with E-state index >= 15 is 0 Å². The van der Waals surface area contributed by atoms with Crippen LogP contribution >= 0.6 is 11.6 Å². The van der Waals surface area contributed by atoms with E-state index in [1.807, 2.05) is 12.1 Å². The second-order valence-corrected chi connectivity index (χ2v) is 6.17. The van der Waals surface area contributed by atoms with Crippen LogP contribution in [0.5, 0.6) is 0 Å². The minimum Gasteiger partial charge on any atom is -0.312 e. The maximum atomic E-state index is 6.17. The fraction of sp³-hybridized carbons (Fsp3) is 0.438. The van der Waals surface area contributed by atoms with Gasteiger partial charge in [-0.25, -0.2) is 4.68 Å². The molecule has 0 aliphatic carbocycles. The first-order chi connectivity index (χ1) is 9.58. The van der Waals surface area contributed by atoms with Gasteiger partial charge in [0.05, 0.1) is 17.1 Å². The SMILES string of the molecule is Cc1ccc(Cl)cc1-n1nc(C(C)C)c2c1CCNC2. The van der Waals surface area contributed by atoms with E-state index in [0.29, 0.717) is 5.92 Å². The van der Waals surface area contributed by atoms with Crippen molar-refractivity contribution in [2.75, 3.05) is 6.54 Å². The van der Waals surface area contributed by atoms with Crippen molar-refractivity contribution >= 4 is 11.6 Å². The van der Waals surface area contributed by atoms with Crippen LogP contribution in [-0.2, 0) is 13.0 Å². The van der Waals surface area contributed by atoms with E-state index in [0.717, 1.165) is 30.2 Å². The predicted molar refractivity (Wildman–Crippen MR) is 82.8 cm³/mol. The van der Waals surface area contributed by atoms with E-state index in [9.17, 15) is 0 Å². The van der Waals surface area contributed by atoms with E-state index in [-0.39, 0.29) is 0 Å². The Bertz CT molecular complexity index is 643. The molecule has 0 bridgehead atoms. The van der Waals surface area contributed by atoms with Crippen molar-refractivity contribution in [2.45, 2.75) is 39.7 Å². The molecular formula is C16H20ClN3. The van der Waals surface area contributed by atoms with Gasteiger partial charge in [0, 0.05) is 30.1 Å². The highest BCUT2D eigenvalue weighted by molar-refractivity contribution is 6.30. The molecule has 20 heavy (non-hydrogen) atoms. The number of aryl methyl sites for hydroxylation is 1. The van der Waals surface area contributed by atoms with Gasteiger partial charge in [0.1, 0.15) is 0 Å². The summed E-state index contributed by atoms with van der Waals surface area (Å²) in [6.07, 6.45) is 1.01. The fourth-order valence-corrected chi connectivity index (χ4v) is 3.01. The molecule has 1 N–H and O–H groups in total. The third kappa shape index (κ3) is 2.25. The van der Waals surface area contributed by atoms with E-state index in [1.54, 1.807) is 0 Å². The van der Waals surface area contributed by atoms with Crippen molar-refractivity contribution < 1.29 is 0 Å². The molecule has 0 saturated carbocycles. The first-order valence-corrected chi connectivity index (χ1v) is 7.53. The summed E-state index contributed by atoms with van der Waals surface area (Å²) in [6, 6.07) is 6.00. The normalized spacial score (nSPS) is 14.7. The number of hydrogen-bond acceptors (Lipinski definition) is 2. The summed E-state index contributed by atoms with van der Waals surface area (Å²) >= 11 is 6.17. The monoisotopic (exact) mass is 289 g/mol. The average molecular weight is 290 g/mol. The van der Waals surface area contributed by atoms with Gasteiger partial charge >= 0.3 is 0 Å². The molecule has 1 aromatic carbocycles. The molecule has 0 atom stereocenters. The maximum Gasteiger partial charge on any atom is 0.0702 e. The summed E-state index contributed by atoms with van der Waals surface area (Å²) < 4.78 is 2.10. The molecule has 1 aliphatic heterocycles. The summed E-state index contributed by atoms with van der Waals surface area (Å²) in [5, 5.41) is 9.09. The molecule has 106 valence electrons. The lowest BCUT2D eigenvalue weighted by molar-refractivity contribution is 0.620. The number of fused-ring (bicyclic) bond motifs is 1. The minimum atomic E-state index is 0.435. The highest BCUT2D eigenvalue weighted by Crippen LogP contribution is 2.29. The van der Waals surface area contributed by atoms with Crippen LogP contribution in [0.2, 0.25) is 5.02 Å². The minimum absolute atomic E-state index is 0.435. The zero-order valence-electron chi connectivity index (χ0n) is 12.2. The third-order valence-electron chi connectivity index (χ3n) is 3.91. The number of hydrogen-bond donors (Lipinski definition) is 1. The molecule has 1 aliphatic rings. The standard InChI is InChI=1S/C16H20ClN3/c1-10(2)16-13-9-18-7-6-14(13)20(19-16)15-8-12(17)5-4-11(15)3/h4-5,8,10,18H,6-7,9H2,1-3H3. The van der Waals surface area contributed by atoms with E-state index in [1.165, 1.54) is 22.5 Å². The Balaban J connectivity index is 2.21. The molecule has 0 fully saturated rings. The van der Waals surface area contributed by atoms with Gasteiger partial charge in [-0.05, 0) is 30.5 Å². The molecule has 1 aromatic heterocycles. The van der Waals surface area contributed by atoms with E-state index in [4.69, 9.17) is 16.7 Å². The van der Waals surface area contributed by atoms with Crippen molar-refractivity contribution in [1.29, 1.82) is 0 Å². The van der Waals surface area contributed by atoms with Crippen LogP contribution in [0.4, 0.5) is 0 Å². The van der Waals surface area contributed by atoms with Gasteiger partial charge in [-0.2, -0.15) is 5.10 Å². The lowest BCUT2D eigenvalue weighted by Gasteiger charge is -2.17. The molecule has 0 unspecified atom stereocenters. The van der Waals surface area contributed by atoms with E-state index < -0.39 is 0 Å². The van der Waals surface area contributed by atoms with E-state index in [2.05, 4.69) is 36.8 Å². The summed E-state index contributed by atoms with van der Waals surface area (Å²) in [6.45, 7) is 8.44. The zero-order chi connectivity index (χ0) is 14.3. The van der Waals surface area contributed by atoms with Gasteiger partial charge in [0.25, 0.3) is 0 Å². The molecule has 2 heterocycles. The van der Waals surface area contributed by atoms with Crippen LogP contribution in [0.25, 0.3) is 5.69 Å². The molecule has 0 spiro atoms. The molecule has 3 nitrogen and oxygen atoms in total. The summed E-state index contributed by atoms with van der Waals surface area (Å²) in [7, 11) is 0. The fourth-order valence-electron chi connectivity index (χ4n) is 2.85. The Morgan fingerprint density at radius 1 is 1.35 bits per heavy atom. The van der Waals surface area contributed by atoms with Crippen LogP contribution in [0.15, 0.2) is 18.2 Å². The zero-order valence-corrected chi connectivity index (χ0v) is 13.0. The number of halogens is 1. The number of nitrogens with zero attached hydrogens (tertiary/aromatic N) is 2. The molecule has 0 amide bonds. The molecule has 3 rings (SSSR count). The number of rotatable bonds is 2. The van der Waals surface area contributed by atoms with Gasteiger partial charge < -0.3 is 5.32 Å². The van der Waals surface area contributed by atoms with Crippen LogP contribution in [0.3, 0.4) is 0 Å². The summed E-state index contributed by atoms with van der Waals surface area (Å²) in [5.41, 5.74) is 6.20. The lowest BCUT2D eigenvalue weighted by Crippen LogP contribution is -2.25. The Labute approximate surface area is 124 Å². The van der Waals surface area contributed by atoms with Crippen LogP contribution in [0.1, 0.15) is 42.3 Å². The first kappa shape index (κ1) is 13.7. The number of benzene rings is 1. The van der Waals surface area contributed by atoms with Crippen LogP contribution in [-0.4, -0.2) is 16.3 Å². The lowest BCUT2D eigenvalue weighted by atomic mass is 10.0. The highest BCUT2D eigenvalue weighted by atomic mass is 35.5. The predicted octanol–water partition coefficient (Wildman–Crippen LogP) is 3.60. The van der Waals surface area contributed by atoms with Crippen LogP contribution in [0, 0.1) is 6.92 Å². The Morgan fingerprint density at radius 2 is 2.15 bits per heavy atom. The summed E-state index contributed by atoms with van der Waals surface area (Å²) in [5.74, 6) is 0.435. The van der Waals surface area contributed by atoms with Gasteiger partial charge in [-0.3, -0.25) is 0 Å². The highest BCUT2D eigenvalue weighted by Gasteiger charge is 2.23. The second-order valence-electron chi connectivity index (χ2n) is 5.73. The molecule has 4 heteroatoms. The second kappa shape index (κ2) is 5.23. The first-order valence-electron chi connectivity index (χ1n) is 7.16. The topological polar surface area (TPSA) is 29.9 Å². The van der Waals surface area contributed by atoms with Crippen molar-refractivity contribution in [3.05, 3.63) is 45.7 Å². The Kier molecular flexibility index (Phi) is 3.57. The van der Waals surface area contributed by atoms with Crippen molar-refractivity contribution in [3.63, 3.8) is 0 Å². The Morgan fingerprint density at radius 3 is 2.90 bits per heavy atom. The smallest absolute Gasteiger partial charge is 0.0702 e. The Hall–Kier alpha value is -1.32. The number of aromatic nitrogens is 2. The quantitative estimate of drug-likeness (QED) is 0.915. The molecule has 0 radical (unpaired) electrons.